The van der Waals surface area contributed by atoms with Gasteiger partial charge in [0.25, 0.3) is 0 Å². The number of hydrogen-bond donors (Lipinski definition) is 0. The minimum absolute atomic E-state index is 0.445. The summed E-state index contributed by atoms with van der Waals surface area (Å²) in [6, 6.07) is 7.93. The number of halogens is 2. The second kappa shape index (κ2) is 12.8. The molecule has 35 heavy (non-hydrogen) atoms. The smallest absolute Gasteiger partial charge is 0.166 e. The molecule has 0 radical (unpaired) electrons. The zero-order valence-corrected chi connectivity index (χ0v) is 21.7. The van der Waals surface area contributed by atoms with Crippen molar-refractivity contribution >= 4 is 10.8 Å². The van der Waals surface area contributed by atoms with Crippen LogP contribution in [0.3, 0.4) is 0 Å². The van der Waals surface area contributed by atoms with E-state index >= 15 is 0 Å². The molecule has 2 aromatic rings. The molecule has 2 aliphatic carbocycles. The largest absolute Gasteiger partial charge is 0.203 e. The van der Waals surface area contributed by atoms with E-state index in [2.05, 4.69) is 18.7 Å². The van der Waals surface area contributed by atoms with Crippen LogP contribution in [-0.4, -0.2) is 0 Å². The predicted octanol–water partition coefficient (Wildman–Crippen LogP) is 10.5. The van der Waals surface area contributed by atoms with Crippen LogP contribution in [0.5, 0.6) is 0 Å². The first kappa shape index (κ1) is 26.1. The lowest BCUT2D eigenvalue weighted by molar-refractivity contribution is 0.225. The SMILES string of the molecule is C=CCCC1CCC(CCC2CCC(c3ccc4cc(CC/C=C/C)c(F)c(F)c4c3)CC2)CC1. The highest BCUT2D eigenvalue weighted by atomic mass is 19.2. The summed E-state index contributed by atoms with van der Waals surface area (Å²) in [6.45, 7) is 5.82. The maximum Gasteiger partial charge on any atom is 0.166 e. The summed E-state index contributed by atoms with van der Waals surface area (Å²) in [5.41, 5.74) is 1.67. The molecule has 0 aliphatic heterocycles. The summed E-state index contributed by atoms with van der Waals surface area (Å²) >= 11 is 0. The number of rotatable bonds is 10. The fraction of sp³-hybridized carbons (Fsp3) is 0.576. The van der Waals surface area contributed by atoms with Crippen molar-refractivity contribution in [1.82, 2.24) is 0 Å². The van der Waals surface area contributed by atoms with Gasteiger partial charge in [0.2, 0.25) is 0 Å². The molecule has 0 nitrogen and oxygen atoms in total. The van der Waals surface area contributed by atoms with Crippen LogP contribution < -0.4 is 0 Å². The third-order valence-electron chi connectivity index (χ3n) is 8.98. The maximum atomic E-state index is 14.9. The summed E-state index contributed by atoms with van der Waals surface area (Å²) in [5, 5.41) is 1.26. The van der Waals surface area contributed by atoms with Gasteiger partial charge in [-0.25, -0.2) is 8.78 Å². The molecule has 2 aromatic carbocycles. The zero-order valence-electron chi connectivity index (χ0n) is 21.7. The molecule has 0 heterocycles. The van der Waals surface area contributed by atoms with E-state index in [9.17, 15) is 8.78 Å². The zero-order chi connectivity index (χ0) is 24.6. The molecule has 4 rings (SSSR count). The fourth-order valence-electron chi connectivity index (χ4n) is 6.66. The summed E-state index contributed by atoms with van der Waals surface area (Å²) < 4.78 is 29.6. The molecule has 0 unspecified atom stereocenters. The van der Waals surface area contributed by atoms with Gasteiger partial charge in [0.1, 0.15) is 0 Å². The number of hydrogen-bond acceptors (Lipinski definition) is 0. The van der Waals surface area contributed by atoms with E-state index < -0.39 is 11.6 Å². The molecule has 0 atom stereocenters. The van der Waals surface area contributed by atoms with Gasteiger partial charge in [0, 0.05) is 5.39 Å². The number of allylic oxidation sites excluding steroid dienone is 3. The number of aryl methyl sites for hydroxylation is 1. The van der Waals surface area contributed by atoms with Gasteiger partial charge < -0.3 is 0 Å². The average Bonchev–Trinajstić information content (AvgIpc) is 2.90. The highest BCUT2D eigenvalue weighted by molar-refractivity contribution is 5.85. The van der Waals surface area contributed by atoms with Crippen molar-refractivity contribution < 1.29 is 8.78 Å². The average molecular weight is 479 g/mol. The molecular weight excluding hydrogens is 434 g/mol. The molecule has 0 aromatic heterocycles. The van der Waals surface area contributed by atoms with Gasteiger partial charge >= 0.3 is 0 Å². The van der Waals surface area contributed by atoms with Crippen molar-refractivity contribution in [2.75, 3.05) is 0 Å². The van der Waals surface area contributed by atoms with Gasteiger partial charge in [0.05, 0.1) is 0 Å². The minimum atomic E-state index is -0.673. The Morgan fingerprint density at radius 2 is 1.43 bits per heavy atom. The first-order valence-electron chi connectivity index (χ1n) is 14.2. The van der Waals surface area contributed by atoms with Gasteiger partial charge in [-0.05, 0) is 111 Å². The number of benzene rings is 2. The second-order valence-electron chi connectivity index (χ2n) is 11.3. The molecule has 2 heteroatoms. The predicted molar refractivity (Wildman–Crippen MR) is 146 cm³/mol. The third kappa shape index (κ3) is 6.83. The summed E-state index contributed by atoms with van der Waals surface area (Å²) in [5.74, 6) is 1.86. The molecule has 2 fully saturated rings. The first-order valence-corrected chi connectivity index (χ1v) is 14.2. The van der Waals surface area contributed by atoms with Gasteiger partial charge in [-0.15, -0.1) is 6.58 Å². The van der Waals surface area contributed by atoms with E-state index in [4.69, 9.17) is 0 Å². The molecule has 0 saturated heterocycles. The van der Waals surface area contributed by atoms with E-state index in [0.29, 0.717) is 23.3 Å². The molecule has 0 spiro atoms. The molecule has 2 aliphatic rings. The van der Waals surface area contributed by atoms with Crippen LogP contribution in [0.4, 0.5) is 8.78 Å². The molecule has 0 N–H and O–H groups in total. The minimum Gasteiger partial charge on any atom is -0.203 e. The lowest BCUT2D eigenvalue weighted by Crippen LogP contribution is -2.17. The van der Waals surface area contributed by atoms with Crippen molar-refractivity contribution in [2.45, 2.75) is 103 Å². The Bertz CT molecular complexity index is 988. The van der Waals surface area contributed by atoms with E-state index in [1.807, 2.05) is 37.3 Å². The van der Waals surface area contributed by atoms with Crippen molar-refractivity contribution in [3.8, 4) is 0 Å². The molecule has 190 valence electrons. The van der Waals surface area contributed by atoms with E-state index in [0.717, 1.165) is 29.6 Å². The van der Waals surface area contributed by atoms with E-state index in [1.165, 1.54) is 82.6 Å². The van der Waals surface area contributed by atoms with Crippen LogP contribution in [0.25, 0.3) is 10.8 Å². The highest BCUT2D eigenvalue weighted by Crippen LogP contribution is 2.41. The van der Waals surface area contributed by atoms with Gasteiger partial charge in [-0.3, -0.25) is 0 Å². The Kier molecular flexibility index (Phi) is 9.58. The van der Waals surface area contributed by atoms with Crippen molar-refractivity contribution in [3.05, 3.63) is 71.8 Å². The summed E-state index contributed by atoms with van der Waals surface area (Å²) in [4.78, 5) is 0. The lowest BCUT2D eigenvalue weighted by atomic mass is 9.74. The number of fused-ring (bicyclic) bond motifs is 1. The van der Waals surface area contributed by atoms with Crippen molar-refractivity contribution in [1.29, 1.82) is 0 Å². The van der Waals surface area contributed by atoms with Crippen LogP contribution in [0.15, 0.2) is 49.1 Å². The lowest BCUT2D eigenvalue weighted by Gasteiger charge is -2.32. The summed E-state index contributed by atoms with van der Waals surface area (Å²) in [7, 11) is 0. The van der Waals surface area contributed by atoms with E-state index in [-0.39, 0.29) is 0 Å². The van der Waals surface area contributed by atoms with Crippen LogP contribution in [0.1, 0.15) is 107 Å². The standard InChI is InChI=1S/C33H44F2/c1-3-5-7-9-30-22-29-21-20-28(23-31(29)33(35)32(30)34)27-18-16-26(17-19-27)15-14-25-12-10-24(11-13-25)8-6-4-2/h3-5,20-27H,2,6-19H2,1H3/b5-3+. The summed E-state index contributed by atoms with van der Waals surface area (Å²) in [6.07, 6.45) is 23.2. The molecule has 0 amide bonds. The Balaban J connectivity index is 1.28. The van der Waals surface area contributed by atoms with Crippen LogP contribution >= 0.6 is 0 Å². The van der Waals surface area contributed by atoms with Crippen molar-refractivity contribution in [2.24, 2.45) is 17.8 Å². The highest BCUT2D eigenvalue weighted by Gasteiger charge is 2.26. The van der Waals surface area contributed by atoms with Gasteiger partial charge in [0.15, 0.2) is 11.6 Å². The van der Waals surface area contributed by atoms with Gasteiger partial charge in [-0.2, -0.15) is 0 Å². The first-order chi connectivity index (χ1) is 17.1. The topological polar surface area (TPSA) is 0 Å². The van der Waals surface area contributed by atoms with Crippen LogP contribution in [0.2, 0.25) is 0 Å². The van der Waals surface area contributed by atoms with Crippen LogP contribution in [0, 0.1) is 29.4 Å². The Hall–Kier alpha value is -1.96. The van der Waals surface area contributed by atoms with Crippen LogP contribution in [-0.2, 0) is 6.42 Å². The quantitative estimate of drug-likeness (QED) is 0.298. The van der Waals surface area contributed by atoms with Crippen molar-refractivity contribution in [3.63, 3.8) is 0 Å². The fourth-order valence-corrected chi connectivity index (χ4v) is 6.66. The second-order valence-corrected chi connectivity index (χ2v) is 11.3. The molecule has 2 saturated carbocycles. The third-order valence-corrected chi connectivity index (χ3v) is 8.98. The Morgan fingerprint density at radius 3 is 2.06 bits per heavy atom. The normalized spacial score (nSPS) is 25.3. The maximum absolute atomic E-state index is 14.9. The molecular formula is C33H44F2. The Labute approximate surface area is 211 Å². The monoisotopic (exact) mass is 478 g/mol. The Morgan fingerprint density at radius 1 is 0.800 bits per heavy atom. The molecule has 0 bridgehead atoms. The van der Waals surface area contributed by atoms with Gasteiger partial charge in [-0.1, -0.05) is 68.9 Å². The van der Waals surface area contributed by atoms with E-state index in [1.54, 1.807) is 0 Å².